The Morgan fingerprint density at radius 3 is 2.59 bits per heavy atom. The summed E-state index contributed by atoms with van der Waals surface area (Å²) >= 11 is 0. The second kappa shape index (κ2) is 8.26. The van der Waals surface area contributed by atoms with E-state index in [4.69, 9.17) is 5.26 Å². The van der Waals surface area contributed by atoms with E-state index in [1.165, 1.54) is 37.1 Å². The molecular weight excluding hydrogens is 360 g/mol. The van der Waals surface area contributed by atoms with Crippen molar-refractivity contribution in [3.8, 4) is 6.07 Å². The molecule has 2 aliphatic heterocycles. The molecule has 0 aromatic heterocycles. The number of amides is 1. The fourth-order valence-electron chi connectivity index (χ4n) is 4.72. The zero-order valence-electron chi connectivity index (χ0n) is 17.2. The smallest absolute Gasteiger partial charge is 0.255 e. The highest BCUT2D eigenvalue weighted by molar-refractivity contribution is 6.04. The fourth-order valence-corrected chi connectivity index (χ4v) is 4.72. The molecule has 2 saturated heterocycles. The van der Waals surface area contributed by atoms with Gasteiger partial charge < -0.3 is 10.2 Å². The van der Waals surface area contributed by atoms with Crippen LogP contribution in [0.4, 0.5) is 11.4 Å². The van der Waals surface area contributed by atoms with Crippen LogP contribution in [0, 0.1) is 18.3 Å². The van der Waals surface area contributed by atoms with Crippen LogP contribution in [0.3, 0.4) is 0 Å². The minimum Gasteiger partial charge on any atom is -0.370 e. The lowest BCUT2D eigenvalue weighted by Crippen LogP contribution is -2.39. The Kier molecular flexibility index (Phi) is 5.55. The number of rotatable bonds is 4. The van der Waals surface area contributed by atoms with E-state index in [0.29, 0.717) is 23.2 Å². The molecule has 2 aromatic rings. The van der Waals surface area contributed by atoms with Gasteiger partial charge in [-0.3, -0.25) is 9.69 Å². The quantitative estimate of drug-likeness (QED) is 0.853. The normalized spacial score (nSPS) is 21.9. The van der Waals surface area contributed by atoms with Crippen molar-refractivity contribution in [3.05, 3.63) is 59.2 Å². The number of benzene rings is 2. The number of aryl methyl sites for hydroxylation is 1. The number of hydrogen-bond acceptors (Lipinski definition) is 4. The molecule has 5 heteroatoms. The van der Waals surface area contributed by atoms with Gasteiger partial charge in [-0.2, -0.15) is 5.26 Å². The molecule has 2 atom stereocenters. The van der Waals surface area contributed by atoms with Gasteiger partial charge >= 0.3 is 0 Å². The maximum absolute atomic E-state index is 12.5. The van der Waals surface area contributed by atoms with Gasteiger partial charge in [0.15, 0.2) is 0 Å². The molecular formula is C24H28N4O. The second-order valence-electron chi connectivity index (χ2n) is 8.26. The van der Waals surface area contributed by atoms with Crippen molar-refractivity contribution >= 4 is 17.3 Å². The molecule has 0 bridgehead atoms. The zero-order valence-corrected chi connectivity index (χ0v) is 17.2. The van der Waals surface area contributed by atoms with Crippen LogP contribution in [-0.2, 0) is 0 Å². The van der Waals surface area contributed by atoms with Crippen LogP contribution >= 0.6 is 0 Å². The van der Waals surface area contributed by atoms with Crippen molar-refractivity contribution in [1.82, 2.24) is 4.90 Å². The van der Waals surface area contributed by atoms with Crippen LogP contribution in [0.2, 0.25) is 0 Å². The maximum Gasteiger partial charge on any atom is 0.255 e. The Hall–Kier alpha value is -2.84. The SMILES string of the molecule is Cc1cc(NC(=O)c2ccc(C#N)cc2)ccc1N1CCC(N2CCCC2C)C1. The zero-order chi connectivity index (χ0) is 20.4. The van der Waals surface area contributed by atoms with Crippen LogP contribution in [-0.4, -0.2) is 42.5 Å². The van der Waals surface area contributed by atoms with E-state index in [2.05, 4.69) is 41.1 Å². The lowest BCUT2D eigenvalue weighted by atomic mass is 10.1. The molecule has 1 amide bonds. The molecule has 0 spiro atoms. The summed E-state index contributed by atoms with van der Waals surface area (Å²) < 4.78 is 0. The fraction of sp³-hybridized carbons (Fsp3) is 0.417. The van der Waals surface area contributed by atoms with Crippen molar-refractivity contribution in [1.29, 1.82) is 5.26 Å². The lowest BCUT2D eigenvalue weighted by Gasteiger charge is -2.29. The van der Waals surface area contributed by atoms with E-state index < -0.39 is 0 Å². The predicted molar refractivity (Wildman–Crippen MR) is 116 cm³/mol. The molecule has 0 radical (unpaired) electrons. The van der Waals surface area contributed by atoms with E-state index >= 15 is 0 Å². The molecule has 0 saturated carbocycles. The van der Waals surface area contributed by atoms with E-state index in [0.717, 1.165) is 18.8 Å². The Balaban J connectivity index is 1.41. The van der Waals surface area contributed by atoms with E-state index in [9.17, 15) is 4.79 Å². The molecule has 4 rings (SSSR count). The van der Waals surface area contributed by atoms with Gasteiger partial charge in [-0.25, -0.2) is 0 Å². The summed E-state index contributed by atoms with van der Waals surface area (Å²) in [6.45, 7) is 7.87. The molecule has 5 nitrogen and oxygen atoms in total. The van der Waals surface area contributed by atoms with Crippen LogP contribution < -0.4 is 10.2 Å². The average molecular weight is 389 g/mol. The molecule has 150 valence electrons. The number of nitriles is 1. The summed E-state index contributed by atoms with van der Waals surface area (Å²) in [6.07, 6.45) is 3.87. The summed E-state index contributed by atoms with van der Waals surface area (Å²) in [4.78, 5) is 17.6. The average Bonchev–Trinajstić information content (AvgIpc) is 3.37. The molecule has 2 aromatic carbocycles. The number of nitrogens with zero attached hydrogens (tertiary/aromatic N) is 3. The molecule has 2 unspecified atom stereocenters. The number of carbonyl (C=O) groups is 1. The Morgan fingerprint density at radius 1 is 1.14 bits per heavy atom. The monoisotopic (exact) mass is 388 g/mol. The third kappa shape index (κ3) is 4.13. The molecule has 1 N–H and O–H groups in total. The number of anilines is 2. The van der Waals surface area contributed by atoms with Gasteiger partial charge in [0, 0.05) is 42.1 Å². The van der Waals surface area contributed by atoms with Crippen molar-refractivity contribution in [2.45, 2.75) is 45.2 Å². The van der Waals surface area contributed by atoms with Crippen molar-refractivity contribution in [3.63, 3.8) is 0 Å². The molecule has 0 aliphatic carbocycles. The van der Waals surface area contributed by atoms with Gasteiger partial charge in [-0.15, -0.1) is 0 Å². The van der Waals surface area contributed by atoms with Crippen LogP contribution in [0.25, 0.3) is 0 Å². The van der Waals surface area contributed by atoms with Gasteiger partial charge in [0.1, 0.15) is 0 Å². The molecule has 2 fully saturated rings. The van der Waals surface area contributed by atoms with E-state index in [-0.39, 0.29) is 5.91 Å². The van der Waals surface area contributed by atoms with Crippen molar-refractivity contribution in [2.75, 3.05) is 29.9 Å². The molecule has 2 aliphatic rings. The first-order valence-corrected chi connectivity index (χ1v) is 10.5. The standard InChI is InChI=1S/C24H28N4O/c1-17-14-21(26-24(29)20-7-5-19(15-25)6-8-20)9-10-23(17)27-13-11-22(16-27)28-12-3-4-18(28)2/h5-10,14,18,22H,3-4,11-13,16H2,1-2H3,(H,26,29). The first-order valence-electron chi connectivity index (χ1n) is 10.5. The Bertz CT molecular complexity index is 931. The van der Waals surface area contributed by atoms with E-state index in [1.54, 1.807) is 24.3 Å². The van der Waals surface area contributed by atoms with E-state index in [1.807, 2.05) is 12.1 Å². The Labute approximate surface area is 172 Å². The number of hydrogen-bond donors (Lipinski definition) is 1. The third-order valence-electron chi connectivity index (χ3n) is 6.31. The second-order valence-corrected chi connectivity index (χ2v) is 8.26. The highest BCUT2D eigenvalue weighted by Gasteiger charge is 2.33. The minimum absolute atomic E-state index is 0.161. The highest BCUT2D eigenvalue weighted by Crippen LogP contribution is 2.31. The molecule has 29 heavy (non-hydrogen) atoms. The summed E-state index contributed by atoms with van der Waals surface area (Å²) in [5.74, 6) is -0.161. The van der Waals surface area contributed by atoms with Crippen LogP contribution in [0.5, 0.6) is 0 Å². The first kappa shape index (κ1) is 19.5. The highest BCUT2D eigenvalue weighted by atomic mass is 16.1. The summed E-state index contributed by atoms with van der Waals surface area (Å²) in [7, 11) is 0. The van der Waals surface area contributed by atoms with Gasteiger partial charge in [0.05, 0.1) is 11.6 Å². The predicted octanol–water partition coefficient (Wildman–Crippen LogP) is 4.18. The topological polar surface area (TPSA) is 59.4 Å². The number of likely N-dealkylation sites (tertiary alicyclic amines) is 1. The summed E-state index contributed by atoms with van der Waals surface area (Å²) in [5, 5.41) is 11.8. The largest absolute Gasteiger partial charge is 0.370 e. The summed E-state index contributed by atoms with van der Waals surface area (Å²) in [6, 6.07) is 16.3. The van der Waals surface area contributed by atoms with Gasteiger partial charge in [-0.05, 0) is 87.7 Å². The van der Waals surface area contributed by atoms with Crippen LogP contribution in [0.15, 0.2) is 42.5 Å². The van der Waals surface area contributed by atoms with Gasteiger partial charge in [0.25, 0.3) is 5.91 Å². The third-order valence-corrected chi connectivity index (χ3v) is 6.31. The molecule has 2 heterocycles. The van der Waals surface area contributed by atoms with Gasteiger partial charge in [0.2, 0.25) is 0 Å². The van der Waals surface area contributed by atoms with Gasteiger partial charge in [-0.1, -0.05) is 0 Å². The maximum atomic E-state index is 12.5. The van der Waals surface area contributed by atoms with Crippen molar-refractivity contribution in [2.24, 2.45) is 0 Å². The Morgan fingerprint density at radius 2 is 1.93 bits per heavy atom. The number of carbonyl (C=O) groups excluding carboxylic acids is 1. The lowest BCUT2D eigenvalue weighted by molar-refractivity contribution is 0.102. The minimum atomic E-state index is -0.161. The first-order chi connectivity index (χ1) is 14.0. The number of nitrogens with one attached hydrogen (secondary N) is 1. The van der Waals surface area contributed by atoms with Crippen molar-refractivity contribution < 1.29 is 4.79 Å². The summed E-state index contributed by atoms with van der Waals surface area (Å²) in [5.41, 5.74) is 4.33. The van der Waals surface area contributed by atoms with Crippen LogP contribution in [0.1, 0.15) is 47.7 Å².